The third kappa shape index (κ3) is 2.51. The Hall–Kier alpha value is -1.96. The molecule has 20 heavy (non-hydrogen) atoms. The standard InChI is InChI=1S/C18H22N2/c1-13-4-8-16(9-5-13)20(3)17-10-11-18-15(12-17)7-6-14(2)19-18/h4-5,8-12,14,19H,6-7H2,1-3H3. The third-order valence-corrected chi connectivity index (χ3v) is 4.15. The van der Waals surface area contributed by atoms with Gasteiger partial charge in [0.05, 0.1) is 0 Å². The van der Waals surface area contributed by atoms with Crippen molar-refractivity contribution in [2.24, 2.45) is 0 Å². The summed E-state index contributed by atoms with van der Waals surface area (Å²) in [5.74, 6) is 0. The van der Waals surface area contributed by atoms with Crippen LogP contribution < -0.4 is 10.2 Å². The molecule has 2 nitrogen and oxygen atoms in total. The normalized spacial score (nSPS) is 17.2. The van der Waals surface area contributed by atoms with Gasteiger partial charge in [0.2, 0.25) is 0 Å². The van der Waals surface area contributed by atoms with Crippen molar-refractivity contribution in [3.8, 4) is 0 Å². The number of rotatable bonds is 2. The van der Waals surface area contributed by atoms with Gasteiger partial charge in [-0.1, -0.05) is 17.7 Å². The molecule has 2 aromatic carbocycles. The number of anilines is 3. The second-order valence-corrected chi connectivity index (χ2v) is 5.82. The van der Waals surface area contributed by atoms with Crippen molar-refractivity contribution in [2.75, 3.05) is 17.3 Å². The van der Waals surface area contributed by atoms with E-state index >= 15 is 0 Å². The first-order valence-corrected chi connectivity index (χ1v) is 7.33. The van der Waals surface area contributed by atoms with Crippen molar-refractivity contribution in [1.29, 1.82) is 0 Å². The van der Waals surface area contributed by atoms with E-state index in [-0.39, 0.29) is 0 Å². The van der Waals surface area contributed by atoms with Gasteiger partial charge < -0.3 is 10.2 Å². The summed E-state index contributed by atoms with van der Waals surface area (Å²) in [7, 11) is 2.13. The zero-order valence-electron chi connectivity index (χ0n) is 12.5. The predicted octanol–water partition coefficient (Wildman–Crippen LogP) is 4.51. The second-order valence-electron chi connectivity index (χ2n) is 5.82. The van der Waals surface area contributed by atoms with Gasteiger partial charge in [0.15, 0.2) is 0 Å². The van der Waals surface area contributed by atoms with Crippen molar-refractivity contribution in [3.63, 3.8) is 0 Å². The Morgan fingerprint density at radius 1 is 1.05 bits per heavy atom. The Morgan fingerprint density at radius 3 is 2.50 bits per heavy atom. The van der Waals surface area contributed by atoms with E-state index in [4.69, 9.17) is 0 Å². The smallest absolute Gasteiger partial charge is 0.0412 e. The Labute approximate surface area is 121 Å². The fourth-order valence-corrected chi connectivity index (χ4v) is 2.76. The van der Waals surface area contributed by atoms with Crippen LogP contribution in [0, 0.1) is 6.92 Å². The maximum absolute atomic E-state index is 3.55. The molecule has 3 rings (SSSR count). The first-order valence-electron chi connectivity index (χ1n) is 7.33. The van der Waals surface area contributed by atoms with Gasteiger partial charge >= 0.3 is 0 Å². The number of fused-ring (bicyclic) bond motifs is 1. The van der Waals surface area contributed by atoms with Crippen molar-refractivity contribution in [3.05, 3.63) is 53.6 Å². The molecular weight excluding hydrogens is 244 g/mol. The molecule has 0 spiro atoms. The quantitative estimate of drug-likeness (QED) is 0.860. The van der Waals surface area contributed by atoms with E-state index in [1.165, 1.54) is 41.0 Å². The summed E-state index contributed by atoms with van der Waals surface area (Å²) < 4.78 is 0. The number of nitrogens with zero attached hydrogens (tertiary/aromatic N) is 1. The molecular formula is C18H22N2. The van der Waals surface area contributed by atoms with Gasteiger partial charge in [0.25, 0.3) is 0 Å². The van der Waals surface area contributed by atoms with Crippen molar-refractivity contribution < 1.29 is 0 Å². The molecule has 1 aliphatic heterocycles. The SMILES string of the molecule is Cc1ccc(N(C)c2ccc3c(c2)CCC(C)N3)cc1. The van der Waals surface area contributed by atoms with Gasteiger partial charge in [-0.25, -0.2) is 0 Å². The highest BCUT2D eigenvalue weighted by molar-refractivity contribution is 5.68. The lowest BCUT2D eigenvalue weighted by Gasteiger charge is -2.27. The molecule has 2 heteroatoms. The third-order valence-electron chi connectivity index (χ3n) is 4.15. The van der Waals surface area contributed by atoms with Crippen LogP contribution in [0.3, 0.4) is 0 Å². The van der Waals surface area contributed by atoms with E-state index < -0.39 is 0 Å². The summed E-state index contributed by atoms with van der Waals surface area (Å²) >= 11 is 0. The highest BCUT2D eigenvalue weighted by Crippen LogP contribution is 2.31. The number of nitrogens with one attached hydrogen (secondary N) is 1. The minimum atomic E-state index is 0.586. The molecule has 0 radical (unpaired) electrons. The van der Waals surface area contributed by atoms with Crippen molar-refractivity contribution in [1.82, 2.24) is 0 Å². The minimum Gasteiger partial charge on any atom is -0.382 e. The van der Waals surface area contributed by atoms with Crippen LogP contribution in [-0.4, -0.2) is 13.1 Å². The van der Waals surface area contributed by atoms with E-state index in [1.807, 2.05) is 0 Å². The molecule has 104 valence electrons. The number of benzene rings is 2. The van der Waals surface area contributed by atoms with Gasteiger partial charge in [-0.05, 0) is 62.6 Å². The van der Waals surface area contributed by atoms with E-state index in [9.17, 15) is 0 Å². The summed E-state index contributed by atoms with van der Waals surface area (Å²) in [6.45, 7) is 4.37. The Balaban J connectivity index is 1.89. The van der Waals surface area contributed by atoms with Crippen LogP contribution in [0.2, 0.25) is 0 Å². The van der Waals surface area contributed by atoms with Crippen LogP contribution in [0.4, 0.5) is 17.1 Å². The predicted molar refractivity (Wildman–Crippen MR) is 87.1 cm³/mol. The molecule has 0 amide bonds. The molecule has 1 heterocycles. The lowest BCUT2D eigenvalue weighted by atomic mass is 9.98. The summed E-state index contributed by atoms with van der Waals surface area (Å²) in [6.07, 6.45) is 2.38. The monoisotopic (exact) mass is 266 g/mol. The molecule has 2 aromatic rings. The second kappa shape index (κ2) is 5.20. The summed E-state index contributed by atoms with van der Waals surface area (Å²) in [6, 6.07) is 16.0. The lowest BCUT2D eigenvalue weighted by molar-refractivity contribution is 0.681. The van der Waals surface area contributed by atoms with Crippen LogP contribution in [0.15, 0.2) is 42.5 Å². The van der Waals surface area contributed by atoms with Crippen molar-refractivity contribution in [2.45, 2.75) is 32.7 Å². The average molecular weight is 266 g/mol. The largest absolute Gasteiger partial charge is 0.382 e. The van der Waals surface area contributed by atoms with Gasteiger partial charge in [-0.2, -0.15) is 0 Å². The van der Waals surface area contributed by atoms with Crippen LogP contribution in [0.5, 0.6) is 0 Å². The number of aryl methyl sites for hydroxylation is 2. The van der Waals surface area contributed by atoms with Crippen LogP contribution >= 0.6 is 0 Å². The van der Waals surface area contributed by atoms with Gasteiger partial charge in [0, 0.05) is 30.2 Å². The van der Waals surface area contributed by atoms with Crippen LogP contribution in [-0.2, 0) is 6.42 Å². The maximum Gasteiger partial charge on any atom is 0.0412 e. The first-order chi connectivity index (χ1) is 9.63. The highest BCUT2D eigenvalue weighted by atomic mass is 15.1. The molecule has 0 fully saturated rings. The topological polar surface area (TPSA) is 15.3 Å². The van der Waals surface area contributed by atoms with E-state index in [1.54, 1.807) is 0 Å². The highest BCUT2D eigenvalue weighted by Gasteiger charge is 2.15. The molecule has 1 atom stereocenters. The number of hydrogen-bond donors (Lipinski definition) is 1. The summed E-state index contributed by atoms with van der Waals surface area (Å²) in [5, 5.41) is 3.55. The Morgan fingerprint density at radius 2 is 1.75 bits per heavy atom. The Bertz CT molecular complexity index is 601. The van der Waals surface area contributed by atoms with Gasteiger partial charge in [0.1, 0.15) is 0 Å². The van der Waals surface area contributed by atoms with Gasteiger partial charge in [-0.15, -0.1) is 0 Å². The van der Waals surface area contributed by atoms with Gasteiger partial charge in [-0.3, -0.25) is 0 Å². The molecule has 0 bridgehead atoms. The van der Waals surface area contributed by atoms with Crippen LogP contribution in [0.1, 0.15) is 24.5 Å². The van der Waals surface area contributed by atoms with E-state index in [0.29, 0.717) is 6.04 Å². The Kier molecular flexibility index (Phi) is 3.39. The fourth-order valence-electron chi connectivity index (χ4n) is 2.76. The molecule has 0 saturated heterocycles. The summed E-state index contributed by atoms with van der Waals surface area (Å²) in [5.41, 5.74) is 6.51. The molecule has 1 aliphatic rings. The zero-order valence-corrected chi connectivity index (χ0v) is 12.5. The number of hydrogen-bond acceptors (Lipinski definition) is 2. The molecule has 0 aliphatic carbocycles. The van der Waals surface area contributed by atoms with Crippen molar-refractivity contribution >= 4 is 17.1 Å². The first kappa shape index (κ1) is 13.0. The van der Waals surface area contributed by atoms with E-state index in [2.05, 4.69) is 73.6 Å². The lowest BCUT2D eigenvalue weighted by Crippen LogP contribution is -2.22. The molecule has 0 aromatic heterocycles. The molecule has 1 unspecified atom stereocenters. The maximum atomic E-state index is 3.55. The summed E-state index contributed by atoms with van der Waals surface area (Å²) in [4.78, 5) is 2.25. The zero-order chi connectivity index (χ0) is 14.1. The fraction of sp³-hybridized carbons (Fsp3) is 0.333. The molecule has 1 N–H and O–H groups in total. The molecule has 0 saturated carbocycles. The van der Waals surface area contributed by atoms with E-state index in [0.717, 1.165) is 0 Å². The van der Waals surface area contributed by atoms with Crippen LogP contribution in [0.25, 0.3) is 0 Å². The minimum absolute atomic E-state index is 0.586. The average Bonchev–Trinajstić information content (AvgIpc) is 2.47.